The number of nitrogens with zero attached hydrogens (tertiary/aromatic N) is 1. The van der Waals surface area contributed by atoms with Crippen molar-refractivity contribution >= 4 is 24.0 Å². The lowest BCUT2D eigenvalue weighted by Crippen LogP contribution is -2.25. The molecule has 0 spiro atoms. The fraction of sp³-hybridized carbons (Fsp3) is 0.375. The Balaban J connectivity index is 0.00000192. The molecule has 1 aliphatic rings. The number of hydrogen-bond donors (Lipinski definition) is 2. The van der Waals surface area contributed by atoms with Crippen LogP contribution in [0.1, 0.15) is 39.9 Å². The zero-order valence-electron chi connectivity index (χ0n) is 13.0. The van der Waals surface area contributed by atoms with Crippen LogP contribution >= 0.6 is 12.4 Å². The van der Waals surface area contributed by atoms with Gasteiger partial charge < -0.3 is 15.2 Å². The van der Waals surface area contributed by atoms with Crippen molar-refractivity contribution in [2.24, 2.45) is 0 Å². The van der Waals surface area contributed by atoms with Crippen LogP contribution < -0.4 is 10.6 Å². The van der Waals surface area contributed by atoms with E-state index in [1.165, 1.54) is 0 Å². The SMILES string of the molecule is CCc1noc(C)c1C(=O)Nc1ccc2c(c1F)CCNC2.Cl. The predicted octanol–water partition coefficient (Wildman–Crippen LogP) is 3.00. The number of rotatable bonds is 3. The summed E-state index contributed by atoms with van der Waals surface area (Å²) in [6.45, 7) is 4.97. The Labute approximate surface area is 140 Å². The van der Waals surface area contributed by atoms with Gasteiger partial charge in [-0.15, -0.1) is 12.4 Å². The highest BCUT2D eigenvalue weighted by Crippen LogP contribution is 2.25. The molecule has 0 atom stereocenters. The van der Waals surface area contributed by atoms with E-state index >= 15 is 0 Å². The summed E-state index contributed by atoms with van der Waals surface area (Å²) in [5, 5.41) is 9.69. The Morgan fingerprint density at radius 2 is 2.26 bits per heavy atom. The van der Waals surface area contributed by atoms with Gasteiger partial charge in [0.05, 0.1) is 11.4 Å². The van der Waals surface area contributed by atoms with E-state index in [9.17, 15) is 9.18 Å². The van der Waals surface area contributed by atoms with Gasteiger partial charge in [0.1, 0.15) is 17.1 Å². The molecule has 0 saturated heterocycles. The number of amides is 1. The summed E-state index contributed by atoms with van der Waals surface area (Å²) in [7, 11) is 0. The minimum atomic E-state index is -0.386. The molecule has 1 aromatic heterocycles. The first-order chi connectivity index (χ1) is 10.6. The number of fused-ring (bicyclic) bond motifs is 1. The van der Waals surface area contributed by atoms with E-state index < -0.39 is 0 Å². The summed E-state index contributed by atoms with van der Waals surface area (Å²) in [6, 6.07) is 3.45. The molecular formula is C16H19ClFN3O2. The molecule has 5 nitrogen and oxygen atoms in total. The highest BCUT2D eigenvalue weighted by Gasteiger charge is 2.22. The van der Waals surface area contributed by atoms with E-state index in [2.05, 4.69) is 15.8 Å². The van der Waals surface area contributed by atoms with Crippen molar-refractivity contribution in [3.05, 3.63) is 46.1 Å². The monoisotopic (exact) mass is 339 g/mol. The number of carbonyl (C=O) groups excluding carboxylic acids is 1. The minimum absolute atomic E-state index is 0. The number of nitrogens with one attached hydrogen (secondary N) is 2. The first-order valence-electron chi connectivity index (χ1n) is 7.39. The van der Waals surface area contributed by atoms with Crippen molar-refractivity contribution in [2.45, 2.75) is 33.2 Å². The second-order valence-electron chi connectivity index (χ2n) is 5.36. The summed E-state index contributed by atoms with van der Waals surface area (Å²) in [5.74, 6) is -0.292. The Morgan fingerprint density at radius 1 is 1.48 bits per heavy atom. The molecule has 124 valence electrons. The van der Waals surface area contributed by atoms with Crippen molar-refractivity contribution < 1.29 is 13.7 Å². The lowest BCUT2D eigenvalue weighted by Gasteiger charge is -2.19. The lowest BCUT2D eigenvalue weighted by atomic mass is 9.99. The molecule has 2 N–H and O–H groups in total. The summed E-state index contributed by atoms with van der Waals surface area (Å²) in [6.07, 6.45) is 1.20. The molecule has 1 aliphatic heterocycles. The van der Waals surface area contributed by atoms with Crippen molar-refractivity contribution in [3.8, 4) is 0 Å². The van der Waals surface area contributed by atoms with Gasteiger partial charge >= 0.3 is 0 Å². The van der Waals surface area contributed by atoms with E-state index in [1.54, 1.807) is 13.0 Å². The third-order valence-electron chi connectivity index (χ3n) is 3.95. The predicted molar refractivity (Wildman–Crippen MR) is 87.6 cm³/mol. The zero-order chi connectivity index (χ0) is 15.7. The Bertz CT molecular complexity index is 730. The maximum Gasteiger partial charge on any atom is 0.261 e. The van der Waals surface area contributed by atoms with Crippen LogP contribution in [0.5, 0.6) is 0 Å². The van der Waals surface area contributed by atoms with Crippen LogP contribution in [0.15, 0.2) is 16.7 Å². The van der Waals surface area contributed by atoms with E-state index in [-0.39, 0.29) is 29.8 Å². The summed E-state index contributed by atoms with van der Waals surface area (Å²) >= 11 is 0. The van der Waals surface area contributed by atoms with Crippen molar-refractivity contribution in [3.63, 3.8) is 0 Å². The molecule has 1 aromatic carbocycles. The maximum atomic E-state index is 14.6. The number of hydrogen-bond acceptors (Lipinski definition) is 4. The summed E-state index contributed by atoms with van der Waals surface area (Å²) in [4.78, 5) is 12.4. The van der Waals surface area contributed by atoms with Crippen LogP contribution in [0.3, 0.4) is 0 Å². The van der Waals surface area contributed by atoms with Gasteiger partial charge in [-0.05, 0) is 43.5 Å². The molecule has 7 heteroatoms. The fourth-order valence-corrected chi connectivity index (χ4v) is 2.77. The van der Waals surface area contributed by atoms with Crippen LogP contribution in [0.25, 0.3) is 0 Å². The number of aromatic nitrogens is 1. The van der Waals surface area contributed by atoms with Crippen molar-refractivity contribution in [1.29, 1.82) is 0 Å². The molecule has 1 amide bonds. The quantitative estimate of drug-likeness (QED) is 0.902. The number of anilines is 1. The van der Waals surface area contributed by atoms with Gasteiger partial charge in [0.25, 0.3) is 5.91 Å². The molecule has 3 rings (SSSR count). The summed E-state index contributed by atoms with van der Waals surface area (Å²) in [5.41, 5.74) is 2.79. The molecule has 0 bridgehead atoms. The fourth-order valence-electron chi connectivity index (χ4n) is 2.77. The molecule has 23 heavy (non-hydrogen) atoms. The molecule has 0 saturated carbocycles. The average molecular weight is 340 g/mol. The molecule has 0 fully saturated rings. The lowest BCUT2D eigenvalue weighted by molar-refractivity contribution is 0.102. The largest absolute Gasteiger partial charge is 0.361 e. The number of aryl methyl sites for hydroxylation is 2. The Kier molecular flexibility index (Phi) is 5.38. The third kappa shape index (κ3) is 3.23. The van der Waals surface area contributed by atoms with Crippen LogP contribution in [0.4, 0.5) is 10.1 Å². The highest BCUT2D eigenvalue weighted by molar-refractivity contribution is 6.05. The summed E-state index contributed by atoms with van der Waals surface area (Å²) < 4.78 is 19.6. The van der Waals surface area contributed by atoms with Crippen LogP contribution in [0.2, 0.25) is 0 Å². The van der Waals surface area contributed by atoms with Gasteiger partial charge in [-0.1, -0.05) is 18.1 Å². The van der Waals surface area contributed by atoms with Crippen LogP contribution in [0, 0.1) is 12.7 Å². The van der Waals surface area contributed by atoms with Crippen molar-refractivity contribution in [1.82, 2.24) is 10.5 Å². The van der Waals surface area contributed by atoms with Gasteiger partial charge in [-0.25, -0.2) is 4.39 Å². The molecule has 2 aromatic rings. The normalized spacial score (nSPS) is 13.2. The van der Waals surface area contributed by atoms with Crippen LogP contribution in [-0.4, -0.2) is 17.6 Å². The average Bonchev–Trinajstić information content (AvgIpc) is 2.91. The van der Waals surface area contributed by atoms with Gasteiger partial charge in [-0.3, -0.25) is 4.79 Å². The number of benzene rings is 1. The highest BCUT2D eigenvalue weighted by atomic mass is 35.5. The maximum absolute atomic E-state index is 14.6. The second-order valence-corrected chi connectivity index (χ2v) is 5.36. The standard InChI is InChI=1S/C16H18FN3O2.ClH/c1-3-12-14(9(2)22-20-12)16(21)19-13-5-4-10-8-18-7-6-11(10)15(13)17;/h4-5,18H,3,6-8H2,1-2H3,(H,19,21);1H. The molecule has 2 heterocycles. The first kappa shape index (κ1) is 17.4. The Morgan fingerprint density at radius 3 is 3.00 bits per heavy atom. The van der Waals surface area contributed by atoms with Gasteiger partial charge in [0, 0.05) is 6.54 Å². The topological polar surface area (TPSA) is 67.2 Å². The van der Waals surface area contributed by atoms with E-state index in [0.29, 0.717) is 42.0 Å². The first-order valence-corrected chi connectivity index (χ1v) is 7.39. The smallest absolute Gasteiger partial charge is 0.261 e. The zero-order valence-corrected chi connectivity index (χ0v) is 13.8. The molecular weight excluding hydrogens is 321 g/mol. The van der Waals surface area contributed by atoms with E-state index in [0.717, 1.165) is 12.1 Å². The van der Waals surface area contributed by atoms with Crippen LogP contribution in [-0.2, 0) is 19.4 Å². The number of halogens is 2. The third-order valence-corrected chi connectivity index (χ3v) is 3.95. The minimum Gasteiger partial charge on any atom is -0.361 e. The van der Waals surface area contributed by atoms with Gasteiger partial charge in [0.2, 0.25) is 0 Å². The van der Waals surface area contributed by atoms with E-state index in [1.807, 2.05) is 13.0 Å². The molecule has 0 aliphatic carbocycles. The Hall–Kier alpha value is -1.92. The molecule has 0 radical (unpaired) electrons. The van der Waals surface area contributed by atoms with Crippen molar-refractivity contribution in [2.75, 3.05) is 11.9 Å². The molecule has 0 unspecified atom stereocenters. The van der Waals surface area contributed by atoms with Gasteiger partial charge in [0.15, 0.2) is 0 Å². The number of carbonyl (C=O) groups is 1. The van der Waals surface area contributed by atoms with E-state index in [4.69, 9.17) is 4.52 Å². The van der Waals surface area contributed by atoms with Gasteiger partial charge in [-0.2, -0.15) is 0 Å². The second kappa shape index (κ2) is 7.10.